The number of carbonyl (C=O) groups is 1. The lowest BCUT2D eigenvalue weighted by molar-refractivity contribution is -0.385. The van der Waals surface area contributed by atoms with Crippen LogP contribution in [0.3, 0.4) is 0 Å². The maximum atomic E-state index is 11.5. The summed E-state index contributed by atoms with van der Waals surface area (Å²) in [6.07, 6.45) is 2.22. The number of hydrogen-bond acceptors (Lipinski definition) is 6. The molecule has 1 aromatic rings. The van der Waals surface area contributed by atoms with Gasteiger partial charge in [0.05, 0.1) is 24.2 Å². The van der Waals surface area contributed by atoms with E-state index in [1.54, 1.807) is 0 Å². The maximum Gasteiger partial charge on any atom is 0.307 e. The zero-order valence-electron chi connectivity index (χ0n) is 9.78. The molecule has 0 saturated carbocycles. The van der Waals surface area contributed by atoms with Crippen molar-refractivity contribution < 1.29 is 19.6 Å². The summed E-state index contributed by atoms with van der Waals surface area (Å²) < 4.78 is 5.94. The lowest BCUT2D eigenvalue weighted by Gasteiger charge is -2.14. The summed E-state index contributed by atoms with van der Waals surface area (Å²) in [7, 11) is 1.45. The van der Waals surface area contributed by atoms with Crippen LogP contribution in [0.2, 0.25) is 0 Å². The predicted octanol–water partition coefficient (Wildman–Crippen LogP) is -1.09. The first-order valence-electron chi connectivity index (χ1n) is 5.12. The van der Waals surface area contributed by atoms with Gasteiger partial charge in [-0.3, -0.25) is 19.6 Å². The van der Waals surface area contributed by atoms with Gasteiger partial charge in [0.2, 0.25) is 5.91 Å². The fraction of sp³-hybridized carbons (Fsp3) is 0.556. The van der Waals surface area contributed by atoms with Crippen LogP contribution in [0.1, 0.15) is 0 Å². The number of aliphatic hydroxyl groups excluding tert-OH is 1. The zero-order valence-corrected chi connectivity index (χ0v) is 9.78. The first kappa shape index (κ1) is 14.1. The van der Waals surface area contributed by atoms with Crippen molar-refractivity contribution in [2.45, 2.75) is 12.6 Å². The Morgan fingerprint density at radius 2 is 2.50 bits per heavy atom. The fourth-order valence-corrected chi connectivity index (χ4v) is 1.30. The van der Waals surface area contributed by atoms with E-state index in [9.17, 15) is 14.9 Å². The Bertz CT molecular complexity index is 419. The van der Waals surface area contributed by atoms with Crippen molar-refractivity contribution in [3.05, 3.63) is 22.5 Å². The Morgan fingerprint density at radius 3 is 3.00 bits per heavy atom. The van der Waals surface area contributed by atoms with E-state index in [2.05, 4.69) is 10.4 Å². The number of aliphatic hydroxyl groups is 1. The standard InChI is InChI=1S/C9H14N4O5/c1-18-6-7(5-14)11-9(15)4-12-3-8(2-10-12)13(16)17/h2-3,7,14H,4-6H2,1H3,(H,11,15). The van der Waals surface area contributed by atoms with Crippen LogP contribution >= 0.6 is 0 Å². The number of aromatic nitrogens is 2. The Morgan fingerprint density at radius 1 is 1.78 bits per heavy atom. The number of amides is 1. The molecule has 1 amide bonds. The molecule has 18 heavy (non-hydrogen) atoms. The van der Waals surface area contributed by atoms with E-state index < -0.39 is 16.9 Å². The molecule has 1 aromatic heterocycles. The van der Waals surface area contributed by atoms with Crippen molar-refractivity contribution in [1.82, 2.24) is 15.1 Å². The van der Waals surface area contributed by atoms with Gasteiger partial charge in [-0.15, -0.1) is 0 Å². The lowest BCUT2D eigenvalue weighted by atomic mass is 10.3. The van der Waals surface area contributed by atoms with E-state index in [0.717, 1.165) is 17.1 Å². The van der Waals surface area contributed by atoms with Gasteiger partial charge in [-0.1, -0.05) is 0 Å². The zero-order chi connectivity index (χ0) is 13.5. The van der Waals surface area contributed by atoms with Crippen LogP contribution in [0.25, 0.3) is 0 Å². The Balaban J connectivity index is 2.50. The number of nitrogens with one attached hydrogen (secondary N) is 1. The molecule has 0 aliphatic heterocycles. The van der Waals surface area contributed by atoms with Crippen molar-refractivity contribution in [2.24, 2.45) is 0 Å². The number of methoxy groups -OCH3 is 1. The monoisotopic (exact) mass is 258 g/mol. The van der Waals surface area contributed by atoms with Gasteiger partial charge in [-0.25, -0.2) is 0 Å². The van der Waals surface area contributed by atoms with Crippen LogP contribution in [0.15, 0.2) is 12.4 Å². The third-order valence-electron chi connectivity index (χ3n) is 2.09. The largest absolute Gasteiger partial charge is 0.394 e. The molecule has 0 fully saturated rings. The van der Waals surface area contributed by atoms with Crippen molar-refractivity contribution in [2.75, 3.05) is 20.3 Å². The lowest BCUT2D eigenvalue weighted by Crippen LogP contribution is -2.42. The Labute approximate surface area is 103 Å². The van der Waals surface area contributed by atoms with Gasteiger partial charge >= 0.3 is 5.69 Å². The van der Waals surface area contributed by atoms with E-state index in [1.807, 2.05) is 0 Å². The molecular weight excluding hydrogens is 244 g/mol. The minimum absolute atomic E-state index is 0.159. The van der Waals surface area contributed by atoms with E-state index in [1.165, 1.54) is 7.11 Å². The third-order valence-corrected chi connectivity index (χ3v) is 2.09. The molecule has 1 unspecified atom stereocenters. The van der Waals surface area contributed by atoms with Gasteiger partial charge in [0.1, 0.15) is 18.9 Å². The highest BCUT2D eigenvalue weighted by Gasteiger charge is 2.14. The number of ether oxygens (including phenoxy) is 1. The smallest absolute Gasteiger partial charge is 0.307 e. The molecule has 0 aliphatic rings. The van der Waals surface area contributed by atoms with Crippen LogP contribution in [0.5, 0.6) is 0 Å². The van der Waals surface area contributed by atoms with Crippen molar-refractivity contribution in [3.63, 3.8) is 0 Å². The maximum absolute atomic E-state index is 11.5. The summed E-state index contributed by atoms with van der Waals surface area (Å²) in [5, 5.41) is 25.5. The van der Waals surface area contributed by atoms with Crippen molar-refractivity contribution in [3.8, 4) is 0 Å². The van der Waals surface area contributed by atoms with Gasteiger partial charge in [0, 0.05) is 7.11 Å². The molecule has 9 nitrogen and oxygen atoms in total. The second-order valence-corrected chi connectivity index (χ2v) is 3.56. The predicted molar refractivity (Wildman–Crippen MR) is 59.8 cm³/mol. The van der Waals surface area contributed by atoms with Crippen LogP contribution < -0.4 is 5.32 Å². The van der Waals surface area contributed by atoms with Gasteiger partial charge in [-0.2, -0.15) is 5.10 Å². The van der Waals surface area contributed by atoms with Crippen LogP contribution in [-0.4, -0.2) is 52.1 Å². The number of nitrogens with zero attached hydrogens (tertiary/aromatic N) is 3. The SMILES string of the molecule is COCC(CO)NC(=O)Cn1cc([N+](=O)[O-])cn1. The normalized spacial score (nSPS) is 12.1. The minimum Gasteiger partial charge on any atom is -0.394 e. The van der Waals surface area contributed by atoms with Crippen LogP contribution in [-0.2, 0) is 16.1 Å². The quantitative estimate of drug-likeness (QED) is 0.474. The number of hydrogen-bond donors (Lipinski definition) is 2. The second kappa shape index (κ2) is 6.67. The van der Waals surface area contributed by atoms with Gasteiger partial charge in [0.25, 0.3) is 0 Å². The molecule has 1 heterocycles. The molecule has 1 atom stereocenters. The van der Waals surface area contributed by atoms with E-state index in [4.69, 9.17) is 9.84 Å². The summed E-state index contributed by atoms with van der Waals surface area (Å²) in [4.78, 5) is 21.3. The summed E-state index contributed by atoms with van der Waals surface area (Å²) in [6.45, 7) is -0.228. The summed E-state index contributed by atoms with van der Waals surface area (Å²) in [5.41, 5.74) is -0.182. The topological polar surface area (TPSA) is 120 Å². The second-order valence-electron chi connectivity index (χ2n) is 3.56. The van der Waals surface area contributed by atoms with Crippen molar-refractivity contribution >= 4 is 11.6 Å². The first-order chi connectivity index (χ1) is 8.56. The van der Waals surface area contributed by atoms with Gasteiger partial charge in [0.15, 0.2) is 0 Å². The molecule has 0 radical (unpaired) electrons. The molecule has 0 spiro atoms. The fourth-order valence-electron chi connectivity index (χ4n) is 1.30. The van der Waals surface area contributed by atoms with Gasteiger partial charge in [-0.05, 0) is 0 Å². The highest BCUT2D eigenvalue weighted by Crippen LogP contribution is 2.07. The van der Waals surface area contributed by atoms with Crippen LogP contribution in [0, 0.1) is 10.1 Å². The first-order valence-corrected chi connectivity index (χ1v) is 5.12. The molecule has 9 heteroatoms. The summed E-state index contributed by atoms with van der Waals surface area (Å²) in [6, 6.07) is -0.506. The minimum atomic E-state index is -0.594. The molecule has 2 N–H and O–H groups in total. The molecule has 0 bridgehead atoms. The average Bonchev–Trinajstić information content (AvgIpc) is 2.77. The van der Waals surface area contributed by atoms with E-state index >= 15 is 0 Å². The van der Waals surface area contributed by atoms with Crippen molar-refractivity contribution in [1.29, 1.82) is 0 Å². The molecule has 0 aliphatic carbocycles. The molecular formula is C9H14N4O5. The molecule has 100 valence electrons. The average molecular weight is 258 g/mol. The van der Waals surface area contributed by atoms with E-state index in [-0.39, 0.29) is 25.4 Å². The molecule has 1 rings (SSSR count). The molecule has 0 aromatic carbocycles. The number of rotatable bonds is 7. The summed E-state index contributed by atoms with van der Waals surface area (Å²) in [5.74, 6) is -0.413. The molecule has 0 saturated heterocycles. The Hall–Kier alpha value is -2.00. The van der Waals surface area contributed by atoms with E-state index in [0.29, 0.717) is 0 Å². The number of carbonyl (C=O) groups excluding carboxylic acids is 1. The third kappa shape index (κ3) is 4.11. The Kier molecular flexibility index (Phi) is 5.21. The highest BCUT2D eigenvalue weighted by molar-refractivity contribution is 5.76. The highest BCUT2D eigenvalue weighted by atomic mass is 16.6. The summed E-state index contributed by atoms with van der Waals surface area (Å²) >= 11 is 0. The van der Waals surface area contributed by atoms with Crippen LogP contribution in [0.4, 0.5) is 5.69 Å². The van der Waals surface area contributed by atoms with Gasteiger partial charge < -0.3 is 15.2 Å². The number of nitro groups is 1.